The minimum absolute atomic E-state index is 0.558. The maximum absolute atomic E-state index is 5.21. The quantitative estimate of drug-likeness (QED) is 0.801. The van der Waals surface area contributed by atoms with Crippen LogP contribution in [0.3, 0.4) is 0 Å². The molecule has 0 N–H and O–H groups in total. The number of aryl methyl sites for hydroxylation is 2. The molecule has 1 saturated heterocycles. The van der Waals surface area contributed by atoms with E-state index in [-0.39, 0.29) is 0 Å². The molecule has 21 heavy (non-hydrogen) atoms. The van der Waals surface area contributed by atoms with Crippen molar-refractivity contribution < 1.29 is 4.74 Å². The van der Waals surface area contributed by atoms with Gasteiger partial charge in [-0.05, 0) is 25.8 Å². The molecular weight excluding hydrogens is 264 g/mol. The number of rotatable bonds is 6. The lowest BCUT2D eigenvalue weighted by molar-refractivity contribution is 0.109. The fourth-order valence-corrected chi connectivity index (χ4v) is 2.90. The number of nitrogens with zero attached hydrogens (tertiary/aromatic N) is 4. The van der Waals surface area contributed by atoms with Crippen LogP contribution in [0.25, 0.3) is 0 Å². The Kier molecular flexibility index (Phi) is 5.94. The first-order valence-electron chi connectivity index (χ1n) is 8.00. The van der Waals surface area contributed by atoms with Crippen molar-refractivity contribution >= 4 is 5.95 Å². The molecule has 1 aliphatic heterocycles. The van der Waals surface area contributed by atoms with E-state index < -0.39 is 0 Å². The third-order valence-corrected chi connectivity index (χ3v) is 4.20. The van der Waals surface area contributed by atoms with Crippen LogP contribution in [0.5, 0.6) is 0 Å². The van der Waals surface area contributed by atoms with Gasteiger partial charge in [0.15, 0.2) is 0 Å². The maximum Gasteiger partial charge on any atom is 0.225 e. The molecule has 1 fully saturated rings. The van der Waals surface area contributed by atoms with Gasteiger partial charge in [-0.15, -0.1) is 0 Å². The van der Waals surface area contributed by atoms with Crippen molar-refractivity contribution in [1.82, 2.24) is 14.9 Å². The normalized spacial score (nSPS) is 20.0. The van der Waals surface area contributed by atoms with Crippen molar-refractivity contribution in [1.29, 1.82) is 0 Å². The van der Waals surface area contributed by atoms with Crippen molar-refractivity contribution in [2.75, 3.05) is 44.8 Å². The maximum atomic E-state index is 5.21. The minimum atomic E-state index is 0.558. The Morgan fingerprint density at radius 3 is 2.76 bits per heavy atom. The van der Waals surface area contributed by atoms with Crippen LogP contribution in [0.15, 0.2) is 6.07 Å². The van der Waals surface area contributed by atoms with Gasteiger partial charge in [-0.25, -0.2) is 9.97 Å². The smallest absolute Gasteiger partial charge is 0.225 e. The van der Waals surface area contributed by atoms with Gasteiger partial charge in [0.05, 0.1) is 6.61 Å². The Labute approximate surface area is 128 Å². The first-order chi connectivity index (χ1) is 10.2. The average molecular weight is 292 g/mol. The van der Waals surface area contributed by atoms with Crippen molar-refractivity contribution in [3.05, 3.63) is 17.5 Å². The zero-order valence-corrected chi connectivity index (χ0v) is 13.8. The highest BCUT2D eigenvalue weighted by molar-refractivity contribution is 5.33. The molecule has 0 bridgehead atoms. The molecule has 0 aliphatic carbocycles. The lowest BCUT2D eigenvalue weighted by atomic mass is 10.1. The van der Waals surface area contributed by atoms with E-state index >= 15 is 0 Å². The summed E-state index contributed by atoms with van der Waals surface area (Å²) in [5.74, 6) is 0.900. The largest absolute Gasteiger partial charge is 0.383 e. The standard InChI is InChI=1S/C16H28N4O/c1-5-14-11-13(3)17-16(18-14)20-8-7-19(9-10-21-4)15(6-2)12-20/h11,15H,5-10,12H2,1-4H3. The van der Waals surface area contributed by atoms with Crippen LogP contribution in [0, 0.1) is 6.92 Å². The first-order valence-corrected chi connectivity index (χ1v) is 8.00. The van der Waals surface area contributed by atoms with Gasteiger partial charge >= 0.3 is 0 Å². The molecule has 5 nitrogen and oxygen atoms in total. The Balaban J connectivity index is 2.07. The summed E-state index contributed by atoms with van der Waals surface area (Å²) in [6, 6.07) is 2.64. The predicted molar refractivity (Wildman–Crippen MR) is 85.9 cm³/mol. The molecule has 1 aromatic heterocycles. The molecule has 0 spiro atoms. The van der Waals surface area contributed by atoms with Crippen LogP contribution in [-0.4, -0.2) is 60.8 Å². The fraction of sp³-hybridized carbons (Fsp3) is 0.750. The summed E-state index contributed by atoms with van der Waals surface area (Å²) in [4.78, 5) is 14.2. The van der Waals surface area contributed by atoms with E-state index in [0.29, 0.717) is 6.04 Å². The predicted octanol–water partition coefficient (Wildman–Crippen LogP) is 1.89. The number of ether oxygens (including phenoxy) is 1. The van der Waals surface area contributed by atoms with Gasteiger partial charge in [0.2, 0.25) is 5.95 Å². The van der Waals surface area contributed by atoms with Crippen LogP contribution in [0.1, 0.15) is 31.7 Å². The molecule has 0 amide bonds. The van der Waals surface area contributed by atoms with Crippen molar-refractivity contribution in [3.63, 3.8) is 0 Å². The highest BCUT2D eigenvalue weighted by Crippen LogP contribution is 2.18. The molecule has 1 aliphatic rings. The zero-order chi connectivity index (χ0) is 15.2. The van der Waals surface area contributed by atoms with Gasteiger partial charge in [0.25, 0.3) is 0 Å². The van der Waals surface area contributed by atoms with Gasteiger partial charge in [-0.2, -0.15) is 0 Å². The zero-order valence-electron chi connectivity index (χ0n) is 13.8. The summed E-state index contributed by atoms with van der Waals surface area (Å²) in [5.41, 5.74) is 2.19. The van der Waals surface area contributed by atoms with E-state index in [9.17, 15) is 0 Å². The van der Waals surface area contributed by atoms with E-state index in [1.54, 1.807) is 7.11 Å². The van der Waals surface area contributed by atoms with Gasteiger partial charge in [0, 0.05) is 50.7 Å². The van der Waals surface area contributed by atoms with Crippen LogP contribution < -0.4 is 4.90 Å². The van der Waals surface area contributed by atoms with E-state index in [1.807, 2.05) is 0 Å². The van der Waals surface area contributed by atoms with Crippen molar-refractivity contribution in [3.8, 4) is 0 Å². The number of hydrogen-bond acceptors (Lipinski definition) is 5. The Hall–Kier alpha value is -1.20. The third kappa shape index (κ3) is 4.14. The molecule has 0 aromatic carbocycles. The molecular formula is C16H28N4O. The van der Waals surface area contributed by atoms with Crippen molar-refractivity contribution in [2.24, 2.45) is 0 Å². The summed E-state index contributed by atoms with van der Waals surface area (Å²) >= 11 is 0. The second-order valence-corrected chi connectivity index (χ2v) is 5.69. The highest BCUT2D eigenvalue weighted by Gasteiger charge is 2.26. The number of hydrogen-bond donors (Lipinski definition) is 0. The molecule has 1 atom stereocenters. The van der Waals surface area contributed by atoms with Crippen LogP contribution in [-0.2, 0) is 11.2 Å². The lowest BCUT2D eigenvalue weighted by Crippen LogP contribution is -2.54. The van der Waals surface area contributed by atoms with Gasteiger partial charge < -0.3 is 9.64 Å². The number of anilines is 1. The second kappa shape index (κ2) is 7.71. The number of piperazine rings is 1. The van der Waals surface area contributed by atoms with Gasteiger partial charge in [0.1, 0.15) is 0 Å². The summed E-state index contributed by atoms with van der Waals surface area (Å²) in [6.07, 6.45) is 2.11. The highest BCUT2D eigenvalue weighted by atomic mass is 16.5. The number of aromatic nitrogens is 2. The third-order valence-electron chi connectivity index (χ3n) is 4.20. The molecule has 2 rings (SSSR count). The fourth-order valence-electron chi connectivity index (χ4n) is 2.90. The summed E-state index contributed by atoms with van der Waals surface area (Å²) in [6.45, 7) is 11.3. The molecule has 2 heterocycles. The first kappa shape index (κ1) is 16.2. The molecule has 1 aromatic rings. The molecule has 118 valence electrons. The lowest BCUT2D eigenvalue weighted by Gasteiger charge is -2.41. The van der Waals surface area contributed by atoms with Gasteiger partial charge in [-0.3, -0.25) is 4.90 Å². The Morgan fingerprint density at radius 1 is 1.29 bits per heavy atom. The van der Waals surface area contributed by atoms with Crippen LogP contribution in [0.2, 0.25) is 0 Å². The Morgan fingerprint density at radius 2 is 2.10 bits per heavy atom. The second-order valence-electron chi connectivity index (χ2n) is 5.69. The van der Waals surface area contributed by atoms with E-state index in [2.05, 4.69) is 41.6 Å². The SMILES string of the molecule is CCc1cc(C)nc(N2CCN(CCOC)C(CC)C2)n1. The molecule has 5 heteroatoms. The van der Waals surface area contributed by atoms with Crippen LogP contribution in [0.4, 0.5) is 5.95 Å². The monoisotopic (exact) mass is 292 g/mol. The summed E-state index contributed by atoms with van der Waals surface area (Å²) in [5, 5.41) is 0. The van der Waals surface area contributed by atoms with E-state index in [1.165, 1.54) is 0 Å². The van der Waals surface area contributed by atoms with E-state index in [0.717, 1.165) is 63.0 Å². The summed E-state index contributed by atoms with van der Waals surface area (Å²) in [7, 11) is 1.77. The minimum Gasteiger partial charge on any atom is -0.383 e. The Bertz CT molecular complexity index is 452. The molecule has 0 radical (unpaired) electrons. The van der Waals surface area contributed by atoms with Crippen LogP contribution >= 0.6 is 0 Å². The van der Waals surface area contributed by atoms with Gasteiger partial charge in [-0.1, -0.05) is 13.8 Å². The number of methoxy groups -OCH3 is 1. The van der Waals surface area contributed by atoms with E-state index in [4.69, 9.17) is 9.72 Å². The molecule has 1 unspecified atom stereocenters. The average Bonchev–Trinajstić information content (AvgIpc) is 2.52. The topological polar surface area (TPSA) is 41.5 Å². The van der Waals surface area contributed by atoms with Crippen molar-refractivity contribution in [2.45, 2.75) is 39.7 Å². The summed E-state index contributed by atoms with van der Waals surface area (Å²) < 4.78 is 5.21. The molecule has 0 saturated carbocycles.